The quantitative estimate of drug-likeness (QED) is 0.777. The molecule has 1 amide bonds. The van der Waals surface area contributed by atoms with Crippen molar-refractivity contribution in [1.82, 2.24) is 5.32 Å². The van der Waals surface area contributed by atoms with E-state index in [1.54, 1.807) is 12.1 Å². The second-order valence-electron chi connectivity index (χ2n) is 4.56. The van der Waals surface area contributed by atoms with Crippen LogP contribution in [0.3, 0.4) is 0 Å². The molecule has 2 rings (SSSR count). The van der Waals surface area contributed by atoms with Crippen LogP contribution in [-0.4, -0.2) is 29.4 Å². The molecule has 0 aliphatic heterocycles. The van der Waals surface area contributed by atoms with Crippen LogP contribution in [0.5, 0.6) is 0 Å². The molecule has 0 spiro atoms. The maximum Gasteiger partial charge on any atom is 0.252 e. The zero-order valence-electron chi connectivity index (χ0n) is 10.5. The number of hydrogen-bond donors (Lipinski definition) is 2. The summed E-state index contributed by atoms with van der Waals surface area (Å²) in [6.45, 7) is 0.292. The summed E-state index contributed by atoms with van der Waals surface area (Å²) in [5.74, 6) is 0.471. The third kappa shape index (κ3) is 3.98. The lowest BCUT2D eigenvalue weighted by atomic mass is 10.2. The Morgan fingerprint density at radius 3 is 2.95 bits per heavy atom. The normalized spacial score (nSPS) is 15.6. The van der Waals surface area contributed by atoms with E-state index < -0.39 is 6.10 Å². The number of nitrogens with zero attached hydrogens (tertiary/aromatic N) is 1. The summed E-state index contributed by atoms with van der Waals surface area (Å²) in [5.41, 5.74) is 0.561. The molecular formula is C14H16N2O2S. The maximum atomic E-state index is 12.1. The van der Waals surface area contributed by atoms with Crippen molar-refractivity contribution in [3.8, 4) is 6.07 Å². The number of aliphatic hydroxyl groups excluding tert-OH is 1. The van der Waals surface area contributed by atoms with E-state index in [1.807, 2.05) is 18.2 Å². The van der Waals surface area contributed by atoms with Crippen molar-refractivity contribution in [2.75, 3.05) is 12.3 Å². The zero-order valence-corrected chi connectivity index (χ0v) is 11.3. The number of benzene rings is 1. The Balaban J connectivity index is 1.95. The minimum Gasteiger partial charge on any atom is -0.391 e. The number of amides is 1. The first-order valence-corrected chi connectivity index (χ1v) is 7.26. The summed E-state index contributed by atoms with van der Waals surface area (Å²) in [6.07, 6.45) is 1.65. The molecule has 1 aliphatic rings. The van der Waals surface area contributed by atoms with Gasteiger partial charge in [-0.3, -0.25) is 4.79 Å². The summed E-state index contributed by atoms with van der Waals surface area (Å²) in [5, 5.41) is 21.1. The van der Waals surface area contributed by atoms with E-state index in [0.29, 0.717) is 23.8 Å². The first-order valence-electron chi connectivity index (χ1n) is 6.27. The standard InChI is InChI=1S/C14H16N2O2S/c15-7-8-19-13-4-2-1-3-11(13)14(18)16-9-12(17)10-5-6-10/h1-4,10,12,17H,5-6,8-9H2,(H,16,18). The molecule has 0 aromatic heterocycles. The van der Waals surface area contributed by atoms with E-state index in [4.69, 9.17) is 5.26 Å². The van der Waals surface area contributed by atoms with Gasteiger partial charge in [0.15, 0.2) is 0 Å². The Morgan fingerprint density at radius 1 is 1.53 bits per heavy atom. The van der Waals surface area contributed by atoms with Crippen LogP contribution in [0.15, 0.2) is 29.2 Å². The average Bonchev–Trinajstić information content (AvgIpc) is 3.27. The van der Waals surface area contributed by atoms with E-state index in [2.05, 4.69) is 5.32 Å². The summed E-state index contributed by atoms with van der Waals surface area (Å²) in [6, 6.07) is 9.25. The first-order chi connectivity index (χ1) is 9.22. The highest BCUT2D eigenvalue weighted by atomic mass is 32.2. The Bertz CT molecular complexity index is 494. The van der Waals surface area contributed by atoms with Gasteiger partial charge in [0.25, 0.3) is 5.91 Å². The Labute approximate surface area is 116 Å². The molecule has 100 valence electrons. The minimum absolute atomic E-state index is 0.194. The molecule has 1 unspecified atom stereocenters. The van der Waals surface area contributed by atoms with Crippen LogP contribution < -0.4 is 5.32 Å². The highest BCUT2D eigenvalue weighted by molar-refractivity contribution is 7.99. The van der Waals surface area contributed by atoms with Crippen molar-refractivity contribution in [2.24, 2.45) is 5.92 Å². The van der Waals surface area contributed by atoms with Crippen molar-refractivity contribution in [3.05, 3.63) is 29.8 Å². The van der Waals surface area contributed by atoms with Crippen molar-refractivity contribution in [3.63, 3.8) is 0 Å². The lowest BCUT2D eigenvalue weighted by molar-refractivity contribution is 0.0898. The van der Waals surface area contributed by atoms with Gasteiger partial charge in [-0.2, -0.15) is 5.26 Å². The monoisotopic (exact) mass is 276 g/mol. The van der Waals surface area contributed by atoms with Crippen LogP contribution in [-0.2, 0) is 0 Å². The van der Waals surface area contributed by atoms with Gasteiger partial charge in [0, 0.05) is 11.4 Å². The molecule has 4 nitrogen and oxygen atoms in total. The summed E-state index contributed by atoms with van der Waals surface area (Å²) < 4.78 is 0. The molecular weight excluding hydrogens is 260 g/mol. The molecule has 0 bridgehead atoms. The Kier molecular flexibility index (Phi) is 4.83. The number of nitriles is 1. The van der Waals surface area contributed by atoms with Gasteiger partial charge in [0.05, 0.1) is 23.5 Å². The Hall–Kier alpha value is -1.51. The molecule has 1 atom stereocenters. The van der Waals surface area contributed by atoms with Crippen LogP contribution >= 0.6 is 11.8 Å². The second kappa shape index (κ2) is 6.60. The third-order valence-electron chi connectivity index (χ3n) is 3.06. The third-order valence-corrected chi connectivity index (χ3v) is 4.00. The van der Waals surface area contributed by atoms with Gasteiger partial charge >= 0.3 is 0 Å². The molecule has 1 aromatic carbocycles. The van der Waals surface area contributed by atoms with Gasteiger partial charge in [0.2, 0.25) is 0 Å². The van der Waals surface area contributed by atoms with Crippen molar-refractivity contribution in [1.29, 1.82) is 5.26 Å². The van der Waals surface area contributed by atoms with Crippen LogP contribution in [0.2, 0.25) is 0 Å². The van der Waals surface area contributed by atoms with E-state index >= 15 is 0 Å². The van der Waals surface area contributed by atoms with E-state index in [9.17, 15) is 9.90 Å². The van der Waals surface area contributed by atoms with Crippen LogP contribution in [0, 0.1) is 17.2 Å². The molecule has 1 aromatic rings. The van der Waals surface area contributed by atoms with Crippen molar-refractivity contribution in [2.45, 2.75) is 23.8 Å². The molecule has 2 N–H and O–H groups in total. The molecule has 0 heterocycles. The van der Waals surface area contributed by atoms with Crippen LogP contribution in [0.25, 0.3) is 0 Å². The number of aliphatic hydroxyl groups is 1. The summed E-state index contributed by atoms with van der Waals surface area (Å²) in [7, 11) is 0. The van der Waals surface area contributed by atoms with Crippen LogP contribution in [0.1, 0.15) is 23.2 Å². The predicted octanol–water partition coefficient (Wildman–Crippen LogP) is 1.80. The average molecular weight is 276 g/mol. The lowest BCUT2D eigenvalue weighted by Gasteiger charge is -2.12. The smallest absolute Gasteiger partial charge is 0.252 e. The fourth-order valence-corrected chi connectivity index (χ4v) is 2.54. The van der Waals surface area contributed by atoms with Gasteiger partial charge in [-0.05, 0) is 30.9 Å². The topological polar surface area (TPSA) is 73.1 Å². The molecule has 19 heavy (non-hydrogen) atoms. The SMILES string of the molecule is N#CCSc1ccccc1C(=O)NCC(O)C1CC1. The maximum absolute atomic E-state index is 12.1. The van der Waals surface area contributed by atoms with Crippen molar-refractivity contribution < 1.29 is 9.90 Å². The number of hydrogen-bond acceptors (Lipinski definition) is 4. The fourth-order valence-electron chi connectivity index (χ4n) is 1.83. The summed E-state index contributed by atoms with van der Waals surface area (Å²) >= 11 is 1.34. The highest BCUT2D eigenvalue weighted by Crippen LogP contribution is 2.32. The van der Waals surface area contributed by atoms with E-state index in [0.717, 1.165) is 17.7 Å². The molecule has 1 saturated carbocycles. The van der Waals surface area contributed by atoms with E-state index in [-0.39, 0.29) is 5.91 Å². The number of carbonyl (C=O) groups excluding carboxylic acids is 1. The van der Waals surface area contributed by atoms with Gasteiger partial charge < -0.3 is 10.4 Å². The van der Waals surface area contributed by atoms with Gasteiger partial charge in [-0.1, -0.05) is 12.1 Å². The molecule has 0 saturated heterocycles. The molecule has 5 heteroatoms. The number of carbonyl (C=O) groups is 1. The summed E-state index contributed by atoms with van der Waals surface area (Å²) in [4.78, 5) is 12.9. The minimum atomic E-state index is -0.442. The molecule has 0 radical (unpaired) electrons. The first kappa shape index (κ1) is 13.9. The fraction of sp³-hybridized carbons (Fsp3) is 0.429. The number of thioether (sulfide) groups is 1. The number of rotatable bonds is 6. The van der Waals surface area contributed by atoms with Crippen LogP contribution in [0.4, 0.5) is 0 Å². The highest BCUT2D eigenvalue weighted by Gasteiger charge is 2.29. The molecule has 1 aliphatic carbocycles. The zero-order chi connectivity index (χ0) is 13.7. The molecule has 1 fully saturated rings. The second-order valence-corrected chi connectivity index (χ2v) is 5.57. The van der Waals surface area contributed by atoms with Gasteiger partial charge in [-0.25, -0.2) is 0 Å². The van der Waals surface area contributed by atoms with Gasteiger partial charge in [-0.15, -0.1) is 11.8 Å². The van der Waals surface area contributed by atoms with E-state index in [1.165, 1.54) is 11.8 Å². The Morgan fingerprint density at radius 2 is 2.26 bits per heavy atom. The largest absolute Gasteiger partial charge is 0.391 e. The van der Waals surface area contributed by atoms with Crippen molar-refractivity contribution >= 4 is 17.7 Å². The lowest BCUT2D eigenvalue weighted by Crippen LogP contribution is -2.33. The predicted molar refractivity (Wildman–Crippen MR) is 73.8 cm³/mol. The van der Waals surface area contributed by atoms with Gasteiger partial charge in [0.1, 0.15) is 0 Å². The number of nitrogens with one attached hydrogen (secondary N) is 1.